The van der Waals surface area contributed by atoms with Crippen molar-refractivity contribution in [3.63, 3.8) is 0 Å². The van der Waals surface area contributed by atoms with E-state index in [4.69, 9.17) is 0 Å². The first-order chi connectivity index (χ1) is 9.29. The normalized spacial score (nSPS) is 21.4. The lowest BCUT2D eigenvalue weighted by Gasteiger charge is -2.27. The number of carbonyl (C=O) groups is 1. The van der Waals surface area contributed by atoms with Gasteiger partial charge in [-0.15, -0.1) is 0 Å². The van der Waals surface area contributed by atoms with E-state index in [1.807, 2.05) is 48.5 Å². The van der Waals surface area contributed by atoms with E-state index in [0.717, 1.165) is 28.7 Å². The molecule has 2 nitrogen and oxygen atoms in total. The average molecular weight is 245 g/mol. The molecule has 2 heteroatoms. The number of carbonyl (C=O) groups excluding carboxylic acids is 1. The second-order valence-corrected chi connectivity index (χ2v) is 5.28. The van der Waals surface area contributed by atoms with E-state index < -0.39 is 0 Å². The zero-order valence-electron chi connectivity index (χ0n) is 10.3. The van der Waals surface area contributed by atoms with E-state index in [1.165, 1.54) is 0 Å². The van der Waals surface area contributed by atoms with Crippen molar-refractivity contribution in [1.29, 1.82) is 5.26 Å². The summed E-state index contributed by atoms with van der Waals surface area (Å²) in [5, 5.41) is 9.31. The predicted molar refractivity (Wildman–Crippen MR) is 70.8 cm³/mol. The quantitative estimate of drug-likeness (QED) is 0.715. The molecule has 0 N–H and O–H groups in total. The van der Waals surface area contributed by atoms with E-state index in [-0.39, 0.29) is 17.1 Å². The zero-order valence-corrected chi connectivity index (χ0v) is 10.3. The Morgan fingerprint density at radius 2 is 1.53 bits per heavy atom. The Balaban J connectivity index is 2.08. The molecule has 0 aromatic heterocycles. The van der Waals surface area contributed by atoms with Gasteiger partial charge in [-0.05, 0) is 17.5 Å². The molecule has 0 aliphatic heterocycles. The summed E-state index contributed by atoms with van der Waals surface area (Å²) < 4.78 is 0. The number of hydrogen-bond donors (Lipinski definition) is 0. The van der Waals surface area contributed by atoms with Crippen LogP contribution in [-0.2, 0) is 5.41 Å². The van der Waals surface area contributed by atoms with Crippen LogP contribution in [0.4, 0.5) is 0 Å². The molecular formula is C17H11NO. The number of ketones is 1. The summed E-state index contributed by atoms with van der Waals surface area (Å²) >= 11 is 0. The van der Waals surface area contributed by atoms with Gasteiger partial charge < -0.3 is 0 Å². The van der Waals surface area contributed by atoms with Gasteiger partial charge in [-0.25, -0.2) is 0 Å². The van der Waals surface area contributed by atoms with E-state index in [2.05, 4.69) is 6.07 Å². The van der Waals surface area contributed by atoms with Crippen LogP contribution in [0, 0.1) is 17.2 Å². The highest BCUT2D eigenvalue weighted by Crippen LogP contribution is 2.61. The lowest BCUT2D eigenvalue weighted by molar-refractivity contribution is 0.103. The lowest BCUT2D eigenvalue weighted by atomic mass is 9.74. The first-order valence-electron chi connectivity index (χ1n) is 6.42. The van der Waals surface area contributed by atoms with Gasteiger partial charge in [0.05, 0.1) is 12.0 Å². The predicted octanol–water partition coefficient (Wildman–Crippen LogP) is 3.06. The Labute approximate surface area is 111 Å². The first-order valence-corrected chi connectivity index (χ1v) is 6.42. The lowest BCUT2D eigenvalue weighted by Crippen LogP contribution is -2.25. The SMILES string of the molecule is N#CC1CC12c1ccccc1C(=O)c1ccccc12. The summed E-state index contributed by atoms with van der Waals surface area (Å²) in [6.45, 7) is 0. The smallest absolute Gasteiger partial charge is 0.193 e. The molecule has 2 aliphatic carbocycles. The van der Waals surface area contributed by atoms with Gasteiger partial charge in [0.2, 0.25) is 0 Å². The molecule has 1 spiro atoms. The van der Waals surface area contributed by atoms with Crippen molar-refractivity contribution in [2.24, 2.45) is 5.92 Å². The fourth-order valence-corrected chi connectivity index (χ4v) is 3.44. The number of nitrogens with zero attached hydrogens (tertiary/aromatic N) is 1. The molecule has 2 aromatic rings. The third-order valence-electron chi connectivity index (χ3n) is 4.42. The van der Waals surface area contributed by atoms with Crippen LogP contribution in [-0.4, -0.2) is 5.78 Å². The number of benzene rings is 2. The zero-order chi connectivity index (χ0) is 13.0. The van der Waals surface area contributed by atoms with Crippen LogP contribution in [0.1, 0.15) is 33.5 Å². The van der Waals surface area contributed by atoms with Crippen LogP contribution >= 0.6 is 0 Å². The number of nitriles is 1. The molecule has 1 saturated carbocycles. The molecule has 1 fully saturated rings. The molecule has 4 rings (SSSR count). The Morgan fingerprint density at radius 1 is 1.00 bits per heavy atom. The number of fused-ring (bicyclic) bond motifs is 4. The highest BCUT2D eigenvalue weighted by atomic mass is 16.1. The van der Waals surface area contributed by atoms with Gasteiger partial charge in [-0.2, -0.15) is 5.26 Å². The molecule has 0 amide bonds. The average Bonchev–Trinajstić information content (AvgIpc) is 3.21. The van der Waals surface area contributed by atoms with E-state index >= 15 is 0 Å². The van der Waals surface area contributed by atoms with Gasteiger partial charge in [0, 0.05) is 16.5 Å². The Kier molecular flexibility index (Phi) is 1.84. The fraction of sp³-hybridized carbons (Fsp3) is 0.176. The molecule has 0 heterocycles. The largest absolute Gasteiger partial charge is 0.289 e. The van der Waals surface area contributed by atoms with Gasteiger partial charge >= 0.3 is 0 Å². The summed E-state index contributed by atoms with van der Waals surface area (Å²) in [5.74, 6) is 0.0725. The molecule has 2 aromatic carbocycles. The summed E-state index contributed by atoms with van der Waals surface area (Å²) in [5.41, 5.74) is 3.35. The van der Waals surface area contributed by atoms with Gasteiger partial charge in [-0.1, -0.05) is 48.5 Å². The maximum atomic E-state index is 12.5. The highest BCUT2D eigenvalue weighted by Gasteiger charge is 2.61. The van der Waals surface area contributed by atoms with Crippen LogP contribution in [0.3, 0.4) is 0 Å². The Hall–Kier alpha value is -2.40. The highest BCUT2D eigenvalue weighted by molar-refractivity contribution is 6.13. The third kappa shape index (κ3) is 1.13. The first kappa shape index (κ1) is 10.5. The van der Waals surface area contributed by atoms with Crippen molar-refractivity contribution < 1.29 is 4.79 Å². The second kappa shape index (κ2) is 3.33. The monoisotopic (exact) mass is 245 g/mol. The molecule has 0 saturated heterocycles. The minimum absolute atomic E-state index is 0.0112. The standard InChI is InChI=1S/C17H11NO/c18-10-11-9-17(11)14-7-3-1-5-12(14)16(19)13-6-2-4-8-15(13)17/h1-8,11H,9H2. The summed E-state index contributed by atoms with van der Waals surface area (Å²) in [7, 11) is 0. The molecule has 2 aliphatic rings. The van der Waals surface area contributed by atoms with Crippen molar-refractivity contribution in [1.82, 2.24) is 0 Å². The van der Waals surface area contributed by atoms with Crippen LogP contribution < -0.4 is 0 Å². The molecule has 1 unspecified atom stereocenters. The molecule has 0 radical (unpaired) electrons. The Bertz CT molecular complexity index is 704. The number of rotatable bonds is 0. The van der Waals surface area contributed by atoms with E-state index in [0.29, 0.717) is 0 Å². The van der Waals surface area contributed by atoms with E-state index in [9.17, 15) is 10.1 Å². The van der Waals surface area contributed by atoms with Crippen molar-refractivity contribution >= 4 is 5.78 Å². The number of hydrogen-bond acceptors (Lipinski definition) is 2. The van der Waals surface area contributed by atoms with Crippen molar-refractivity contribution in [2.75, 3.05) is 0 Å². The van der Waals surface area contributed by atoms with Gasteiger partial charge in [-0.3, -0.25) is 4.79 Å². The minimum Gasteiger partial charge on any atom is -0.289 e. The fourth-order valence-electron chi connectivity index (χ4n) is 3.44. The third-order valence-corrected chi connectivity index (χ3v) is 4.42. The Morgan fingerprint density at radius 3 is 2.00 bits per heavy atom. The van der Waals surface area contributed by atoms with E-state index in [1.54, 1.807) is 0 Å². The molecular weight excluding hydrogens is 234 g/mol. The van der Waals surface area contributed by atoms with Crippen LogP contribution in [0.15, 0.2) is 48.5 Å². The topological polar surface area (TPSA) is 40.9 Å². The maximum absolute atomic E-state index is 12.5. The van der Waals surface area contributed by atoms with Crippen molar-refractivity contribution in [3.05, 3.63) is 70.8 Å². The molecule has 19 heavy (non-hydrogen) atoms. The maximum Gasteiger partial charge on any atom is 0.193 e. The van der Waals surface area contributed by atoms with Gasteiger partial charge in [0.1, 0.15) is 0 Å². The van der Waals surface area contributed by atoms with Gasteiger partial charge in [0.25, 0.3) is 0 Å². The van der Waals surface area contributed by atoms with Crippen LogP contribution in [0.5, 0.6) is 0 Å². The van der Waals surface area contributed by atoms with Crippen LogP contribution in [0.2, 0.25) is 0 Å². The molecule has 0 bridgehead atoms. The van der Waals surface area contributed by atoms with Crippen molar-refractivity contribution in [3.8, 4) is 6.07 Å². The summed E-state index contributed by atoms with van der Waals surface area (Å²) in [6.07, 6.45) is 0.824. The van der Waals surface area contributed by atoms with Crippen molar-refractivity contribution in [2.45, 2.75) is 11.8 Å². The minimum atomic E-state index is -0.240. The van der Waals surface area contributed by atoms with Crippen LogP contribution in [0.25, 0.3) is 0 Å². The summed E-state index contributed by atoms with van der Waals surface area (Å²) in [4.78, 5) is 12.5. The summed E-state index contributed by atoms with van der Waals surface area (Å²) in [6, 6.07) is 17.8. The second-order valence-electron chi connectivity index (χ2n) is 5.28. The van der Waals surface area contributed by atoms with Gasteiger partial charge in [0.15, 0.2) is 5.78 Å². The molecule has 1 atom stereocenters. The molecule has 90 valence electrons.